The highest BCUT2D eigenvalue weighted by atomic mass is 19.5. The highest BCUT2D eigenvalue weighted by molar-refractivity contribution is 6.50. The molecule has 0 aliphatic rings. The molecule has 0 N–H and O–H groups in total. The number of hydrogen-bond acceptors (Lipinski definition) is 3. The molecule has 0 spiro atoms. The van der Waals surface area contributed by atoms with Gasteiger partial charge in [-0.05, 0) is 12.1 Å². The second-order valence-corrected chi connectivity index (χ2v) is 2.63. The van der Waals surface area contributed by atoms with Crippen LogP contribution in [0, 0.1) is 5.39 Å². The number of benzene rings is 1. The molecule has 17 heavy (non-hydrogen) atoms. The largest absolute Gasteiger partial charge is 0.673 e. The summed E-state index contributed by atoms with van der Waals surface area (Å²) in [6, 6.07) is 6.10. The molecule has 4 nitrogen and oxygen atoms in total. The van der Waals surface area contributed by atoms with E-state index in [1.54, 1.807) is 0 Å². The van der Waals surface area contributed by atoms with E-state index in [0.717, 1.165) is 0 Å². The maximum absolute atomic E-state index is 10.9. The van der Waals surface area contributed by atoms with Crippen LogP contribution in [-0.2, 0) is 4.74 Å². The summed E-state index contributed by atoms with van der Waals surface area (Å²) < 4.78 is 43.5. The van der Waals surface area contributed by atoms with Crippen molar-refractivity contribution in [2.75, 3.05) is 7.11 Å². The lowest BCUT2D eigenvalue weighted by Crippen LogP contribution is -2.02. The molecule has 0 aliphatic carbocycles. The van der Waals surface area contributed by atoms with Gasteiger partial charge in [-0.2, -0.15) is 0 Å². The fraction of sp³-hybridized carbons (Fsp3) is 0.125. The van der Waals surface area contributed by atoms with Crippen LogP contribution in [0.5, 0.6) is 0 Å². The first-order chi connectivity index (χ1) is 7.77. The van der Waals surface area contributed by atoms with Crippen molar-refractivity contribution < 1.29 is 26.8 Å². The number of ether oxygens (including phenoxy) is 1. The molecule has 92 valence electrons. The smallest absolute Gasteiger partial charge is 0.465 e. The van der Waals surface area contributed by atoms with Crippen LogP contribution in [0.2, 0.25) is 0 Å². The predicted molar refractivity (Wildman–Crippen MR) is 52.7 cm³/mol. The quantitative estimate of drug-likeness (QED) is 0.332. The third-order valence-corrected chi connectivity index (χ3v) is 1.40. The third-order valence-electron chi connectivity index (χ3n) is 1.40. The lowest BCUT2D eigenvalue weighted by atomic mass is 10.2. The van der Waals surface area contributed by atoms with Crippen molar-refractivity contribution in [2.24, 2.45) is 0 Å². The average Bonchev–Trinajstić information content (AvgIpc) is 2.26. The van der Waals surface area contributed by atoms with Crippen molar-refractivity contribution in [1.82, 2.24) is 0 Å². The van der Waals surface area contributed by atoms with Crippen LogP contribution >= 0.6 is 0 Å². The van der Waals surface area contributed by atoms with Crippen molar-refractivity contribution in [1.29, 1.82) is 5.39 Å². The van der Waals surface area contributed by atoms with Crippen molar-refractivity contribution in [3.05, 3.63) is 34.8 Å². The summed E-state index contributed by atoms with van der Waals surface area (Å²) in [5.41, 5.74) is 0.840. The first-order valence-corrected chi connectivity index (χ1v) is 4.18. The highest BCUT2D eigenvalue weighted by Crippen LogP contribution is 2.12. The van der Waals surface area contributed by atoms with E-state index < -0.39 is 13.2 Å². The molecule has 0 heterocycles. The monoisotopic (exact) mass is 250 g/mol. The van der Waals surface area contributed by atoms with E-state index in [2.05, 4.69) is 9.71 Å². The van der Waals surface area contributed by atoms with Crippen molar-refractivity contribution in [3.63, 3.8) is 0 Å². The maximum Gasteiger partial charge on any atom is 0.673 e. The number of methoxy groups -OCH3 is 1. The summed E-state index contributed by atoms with van der Waals surface area (Å²) in [4.78, 5) is 13.8. The van der Waals surface area contributed by atoms with Gasteiger partial charge in [0, 0.05) is 12.1 Å². The van der Waals surface area contributed by atoms with Gasteiger partial charge in [0.15, 0.2) is 4.98 Å². The van der Waals surface area contributed by atoms with E-state index in [0.29, 0.717) is 11.3 Å². The summed E-state index contributed by atoms with van der Waals surface area (Å²) in [7, 11) is -4.69. The van der Waals surface area contributed by atoms with Gasteiger partial charge in [0.2, 0.25) is 5.39 Å². The molecule has 1 aromatic carbocycles. The molecule has 0 radical (unpaired) electrons. The number of rotatable bonds is 1. The molecule has 1 aromatic rings. The Kier molecular flexibility index (Phi) is 5.67. The number of halogens is 4. The summed E-state index contributed by atoms with van der Waals surface area (Å²) in [6.07, 6.45) is 0. The Bertz CT molecular complexity index is 407. The van der Waals surface area contributed by atoms with Crippen molar-refractivity contribution in [2.45, 2.75) is 0 Å². The molecule has 0 unspecified atom stereocenters. The van der Waals surface area contributed by atoms with Crippen LogP contribution in [0.3, 0.4) is 0 Å². The second kappa shape index (κ2) is 6.47. The van der Waals surface area contributed by atoms with E-state index >= 15 is 0 Å². The number of hydrogen-bond donors (Lipinski definition) is 0. The lowest BCUT2D eigenvalue weighted by Gasteiger charge is -1.94. The van der Waals surface area contributed by atoms with E-state index in [1.807, 2.05) is 0 Å². The summed E-state index contributed by atoms with van der Waals surface area (Å²) >= 11 is 0. The molecule has 0 atom stereocenters. The molecule has 0 aliphatic heterocycles. The van der Waals surface area contributed by atoms with Gasteiger partial charge >= 0.3 is 18.9 Å². The Balaban J connectivity index is 0.000000437. The van der Waals surface area contributed by atoms with Gasteiger partial charge in [-0.3, -0.25) is 0 Å². The van der Waals surface area contributed by atoms with E-state index in [1.165, 1.54) is 31.4 Å². The maximum atomic E-state index is 10.9. The molecule has 0 aromatic heterocycles. The zero-order valence-corrected chi connectivity index (χ0v) is 8.61. The topological polar surface area (TPSA) is 54.5 Å². The Morgan fingerprint density at radius 2 is 1.65 bits per heavy atom. The molecule has 0 saturated carbocycles. The normalized spacial score (nSPS) is 9.65. The van der Waals surface area contributed by atoms with Crippen molar-refractivity contribution >= 4 is 18.9 Å². The minimum atomic E-state index is -6.00. The summed E-state index contributed by atoms with van der Waals surface area (Å²) in [5.74, 6) is -0.403. The van der Waals surface area contributed by atoms with Crippen LogP contribution in [0.1, 0.15) is 10.4 Å². The molecule has 0 saturated heterocycles. The van der Waals surface area contributed by atoms with Gasteiger partial charge in [-0.1, -0.05) is 0 Å². The van der Waals surface area contributed by atoms with E-state index in [4.69, 9.17) is 5.39 Å². The third kappa shape index (κ3) is 7.78. The van der Waals surface area contributed by atoms with Crippen LogP contribution in [0.15, 0.2) is 24.3 Å². The van der Waals surface area contributed by atoms with Gasteiger partial charge in [0.25, 0.3) is 0 Å². The number of nitrogens with zero attached hydrogens (tertiary/aromatic N) is 2. The minimum Gasteiger partial charge on any atom is -0.465 e. The molecule has 1 rings (SSSR count). The Morgan fingerprint density at radius 1 is 1.24 bits per heavy atom. The lowest BCUT2D eigenvalue weighted by molar-refractivity contribution is 0.0600. The fourth-order valence-electron chi connectivity index (χ4n) is 0.782. The molecule has 9 heteroatoms. The van der Waals surface area contributed by atoms with Crippen LogP contribution in [0.4, 0.5) is 23.0 Å². The van der Waals surface area contributed by atoms with Crippen molar-refractivity contribution in [3.8, 4) is 0 Å². The van der Waals surface area contributed by atoms with Crippen LogP contribution < -0.4 is 0 Å². The van der Waals surface area contributed by atoms with Gasteiger partial charge in [-0.15, -0.1) is 0 Å². The predicted octanol–water partition coefficient (Wildman–Crippen LogP) is 3.26. The number of carbonyl (C=O) groups is 1. The molecule has 0 bridgehead atoms. The zero-order valence-electron chi connectivity index (χ0n) is 8.61. The highest BCUT2D eigenvalue weighted by Gasteiger charge is 2.20. The van der Waals surface area contributed by atoms with Gasteiger partial charge in [0.1, 0.15) is 0 Å². The number of esters is 1. The Hall–Kier alpha value is -2.11. The van der Waals surface area contributed by atoms with Gasteiger partial charge < -0.3 is 22.0 Å². The van der Waals surface area contributed by atoms with Crippen LogP contribution in [0.25, 0.3) is 4.98 Å². The zero-order chi connectivity index (χ0) is 13.5. The van der Waals surface area contributed by atoms with Gasteiger partial charge in [0.05, 0.1) is 12.7 Å². The van der Waals surface area contributed by atoms with Crippen LogP contribution in [-0.4, -0.2) is 20.3 Å². The molecular weight excluding hydrogens is 243 g/mol. The first-order valence-electron chi connectivity index (χ1n) is 4.18. The molecular formula is C8H7BF4N2O2. The van der Waals surface area contributed by atoms with E-state index in [9.17, 15) is 22.1 Å². The second-order valence-electron chi connectivity index (χ2n) is 2.63. The number of diazo groups is 1. The Morgan fingerprint density at radius 3 is 1.94 bits per heavy atom. The van der Waals surface area contributed by atoms with E-state index in [-0.39, 0.29) is 0 Å². The van der Waals surface area contributed by atoms with Gasteiger partial charge in [-0.25, -0.2) is 4.79 Å². The number of carbonyl (C=O) groups excluding carboxylic acids is 1. The molecule has 0 amide bonds. The standard InChI is InChI=1S/C8H7N2O2.BF4/c1-12-8(11)6-2-4-7(10-9)5-3-6;2-1(3,4)5/h2-5H,1H3;/q+1;-1. The summed E-state index contributed by atoms with van der Waals surface area (Å²) in [6.45, 7) is 0. The summed E-state index contributed by atoms with van der Waals surface area (Å²) in [5, 5.41) is 8.33. The first kappa shape index (κ1) is 14.9. The minimum absolute atomic E-state index is 0.403. The fourth-order valence-corrected chi connectivity index (χ4v) is 0.782. The average molecular weight is 250 g/mol. The SMILES string of the molecule is COC(=O)c1ccc([N+]#N)cc1.F[B-](F)(F)F. The molecule has 0 fully saturated rings. The Labute approximate surface area is 93.9 Å².